The zero-order chi connectivity index (χ0) is 24.9. The number of nitrogens with zero attached hydrogens (tertiary/aromatic N) is 1. The Morgan fingerprint density at radius 2 is 1.63 bits per heavy atom. The van der Waals surface area contributed by atoms with Crippen molar-refractivity contribution in [2.45, 2.75) is 0 Å². The number of rotatable bonds is 7. The van der Waals surface area contributed by atoms with Crippen molar-refractivity contribution in [2.75, 3.05) is 13.2 Å². The maximum Gasteiger partial charge on any atom is 0.345 e. The number of amides is 2. The van der Waals surface area contributed by atoms with Crippen molar-refractivity contribution in [2.24, 2.45) is 0 Å². The van der Waals surface area contributed by atoms with Gasteiger partial charge in [-0.05, 0) is 60.3 Å². The van der Waals surface area contributed by atoms with Crippen molar-refractivity contribution in [3.05, 3.63) is 97.8 Å². The lowest BCUT2D eigenvalue weighted by molar-refractivity contribution is -0.123. The summed E-state index contributed by atoms with van der Waals surface area (Å²) in [7, 11) is 0. The van der Waals surface area contributed by atoms with Gasteiger partial charge in [0.2, 0.25) is 0 Å². The van der Waals surface area contributed by atoms with Crippen LogP contribution in [-0.2, 0) is 4.79 Å². The van der Waals surface area contributed by atoms with Crippen molar-refractivity contribution < 1.29 is 23.9 Å². The molecule has 0 atom stereocenters. The molecular weight excluding hydrogens is 533 g/mol. The molecule has 0 aromatic heterocycles. The average Bonchev–Trinajstić information content (AvgIpc) is 3.09. The van der Waals surface area contributed by atoms with Gasteiger partial charge in [-0.2, -0.15) is 0 Å². The molecule has 3 aromatic rings. The third-order valence-corrected chi connectivity index (χ3v) is 6.62. The molecule has 0 bridgehead atoms. The van der Waals surface area contributed by atoms with Gasteiger partial charge < -0.3 is 9.47 Å². The molecule has 178 valence electrons. The summed E-state index contributed by atoms with van der Waals surface area (Å²) in [5.74, 6) is -0.544. The maximum atomic E-state index is 12.9. The van der Waals surface area contributed by atoms with Gasteiger partial charge in [-0.1, -0.05) is 59.1 Å². The molecule has 1 saturated heterocycles. The topological polar surface area (TPSA) is 72.9 Å². The molecule has 3 aromatic carbocycles. The Hall–Kier alpha value is -2.97. The summed E-state index contributed by atoms with van der Waals surface area (Å²) in [5.41, 5.74) is 0.546. The highest BCUT2D eigenvalue weighted by Crippen LogP contribution is 2.35. The maximum absolute atomic E-state index is 12.9. The number of imide groups is 1. The van der Waals surface area contributed by atoms with Gasteiger partial charge in [-0.15, -0.1) is 0 Å². The minimum atomic E-state index is -0.669. The van der Waals surface area contributed by atoms with Crippen LogP contribution in [0.2, 0.25) is 15.1 Å². The van der Waals surface area contributed by atoms with Gasteiger partial charge in [-0.25, -0.2) is 4.79 Å². The molecule has 0 radical (unpaired) electrons. The van der Waals surface area contributed by atoms with E-state index in [0.717, 1.165) is 16.7 Å². The first-order valence-corrected chi connectivity index (χ1v) is 12.2. The first-order valence-electron chi connectivity index (χ1n) is 10.2. The molecule has 10 heteroatoms. The van der Waals surface area contributed by atoms with Crippen LogP contribution in [0.5, 0.6) is 11.5 Å². The predicted octanol–water partition coefficient (Wildman–Crippen LogP) is 6.98. The monoisotopic (exact) mass is 547 g/mol. The van der Waals surface area contributed by atoms with Gasteiger partial charge in [0, 0.05) is 10.6 Å². The van der Waals surface area contributed by atoms with Gasteiger partial charge in [0.05, 0.1) is 27.1 Å². The van der Waals surface area contributed by atoms with E-state index >= 15 is 0 Å². The predicted molar refractivity (Wildman–Crippen MR) is 137 cm³/mol. The Kier molecular flexibility index (Phi) is 8.03. The first kappa shape index (κ1) is 25.1. The lowest BCUT2D eigenvalue weighted by Crippen LogP contribution is -2.32. The van der Waals surface area contributed by atoms with Crippen LogP contribution in [0, 0.1) is 0 Å². The first-order chi connectivity index (χ1) is 16.8. The van der Waals surface area contributed by atoms with E-state index in [2.05, 4.69) is 0 Å². The zero-order valence-electron chi connectivity index (χ0n) is 17.9. The van der Waals surface area contributed by atoms with Gasteiger partial charge in [0.25, 0.3) is 11.1 Å². The fourth-order valence-electron chi connectivity index (χ4n) is 3.15. The summed E-state index contributed by atoms with van der Waals surface area (Å²) in [4.78, 5) is 39.2. The highest BCUT2D eigenvalue weighted by molar-refractivity contribution is 8.18. The number of thioether (sulfide) groups is 1. The van der Waals surface area contributed by atoms with Crippen LogP contribution in [0.3, 0.4) is 0 Å². The molecule has 1 fully saturated rings. The number of hydrogen-bond acceptors (Lipinski definition) is 6. The Morgan fingerprint density at radius 3 is 2.37 bits per heavy atom. The van der Waals surface area contributed by atoms with E-state index in [1.807, 2.05) is 0 Å². The highest BCUT2D eigenvalue weighted by Gasteiger charge is 2.35. The van der Waals surface area contributed by atoms with E-state index in [9.17, 15) is 14.4 Å². The minimum absolute atomic E-state index is 0.0388. The molecule has 0 N–H and O–H groups in total. The van der Waals surface area contributed by atoms with Crippen LogP contribution in [0.15, 0.2) is 71.6 Å². The van der Waals surface area contributed by atoms with Crippen molar-refractivity contribution in [3.63, 3.8) is 0 Å². The minimum Gasteiger partial charge on any atom is -0.490 e. The van der Waals surface area contributed by atoms with E-state index in [0.29, 0.717) is 21.4 Å². The molecule has 4 rings (SSSR count). The molecule has 1 aliphatic heterocycles. The highest BCUT2D eigenvalue weighted by atomic mass is 35.5. The second-order valence-electron chi connectivity index (χ2n) is 7.16. The van der Waals surface area contributed by atoms with Crippen molar-refractivity contribution in [1.82, 2.24) is 4.90 Å². The number of para-hydroxylation sites is 1. The molecule has 0 spiro atoms. The smallest absolute Gasteiger partial charge is 0.345 e. The Labute approximate surface area is 220 Å². The normalized spacial score (nSPS) is 14.5. The Morgan fingerprint density at radius 1 is 0.914 bits per heavy atom. The fourth-order valence-corrected chi connectivity index (χ4v) is 4.59. The van der Waals surface area contributed by atoms with E-state index in [1.165, 1.54) is 24.3 Å². The molecule has 1 aliphatic rings. The molecule has 6 nitrogen and oxygen atoms in total. The lowest BCUT2D eigenvalue weighted by Gasteiger charge is -2.14. The van der Waals surface area contributed by atoms with E-state index in [1.54, 1.807) is 48.5 Å². The van der Waals surface area contributed by atoms with Gasteiger partial charge in [0.15, 0.2) is 0 Å². The van der Waals surface area contributed by atoms with Crippen molar-refractivity contribution >= 4 is 69.8 Å². The number of esters is 1. The average molecular weight is 549 g/mol. The van der Waals surface area contributed by atoms with Gasteiger partial charge in [-0.3, -0.25) is 14.5 Å². The molecule has 0 aliphatic carbocycles. The number of benzene rings is 3. The molecule has 0 unspecified atom stereocenters. The second-order valence-corrected chi connectivity index (χ2v) is 9.41. The molecule has 0 saturated carbocycles. The molecule has 1 heterocycles. The standard InChI is InChI=1S/C25H16Cl3NO5S/c26-16-9-10-20(34-24(31)17-5-1-2-6-18(17)27)15(13-16)14-22-23(30)29(25(32)35-22)11-12-33-21-8-4-3-7-19(21)28/h1-10,13-14H,11-12H2/b22-14-. The number of halogens is 3. The number of hydrogen-bond donors (Lipinski definition) is 0. The third kappa shape index (κ3) is 6.00. The van der Waals surface area contributed by atoms with E-state index < -0.39 is 17.1 Å². The Balaban J connectivity index is 1.50. The summed E-state index contributed by atoms with van der Waals surface area (Å²) < 4.78 is 11.1. The van der Waals surface area contributed by atoms with Crippen LogP contribution in [-0.4, -0.2) is 35.2 Å². The second kappa shape index (κ2) is 11.2. The van der Waals surface area contributed by atoms with Crippen LogP contribution >= 0.6 is 46.6 Å². The van der Waals surface area contributed by atoms with Crippen molar-refractivity contribution in [3.8, 4) is 11.5 Å². The van der Waals surface area contributed by atoms with Gasteiger partial charge in [0.1, 0.15) is 18.1 Å². The van der Waals surface area contributed by atoms with Crippen LogP contribution in [0.1, 0.15) is 15.9 Å². The summed E-state index contributed by atoms with van der Waals surface area (Å²) in [6.07, 6.45) is 1.46. The quantitative estimate of drug-likeness (QED) is 0.180. The SMILES string of the molecule is O=C(Oc1ccc(Cl)cc1/C=C1\SC(=O)N(CCOc2ccccc2Cl)C1=O)c1ccccc1Cl. The van der Waals surface area contributed by atoms with E-state index in [4.69, 9.17) is 44.3 Å². The zero-order valence-corrected chi connectivity index (χ0v) is 21.0. The number of carbonyl (C=O) groups is 3. The van der Waals surface area contributed by atoms with E-state index in [-0.39, 0.29) is 34.4 Å². The molecule has 2 amide bonds. The third-order valence-electron chi connectivity index (χ3n) is 4.84. The fraction of sp³-hybridized carbons (Fsp3) is 0.0800. The molecule has 35 heavy (non-hydrogen) atoms. The Bertz CT molecular complexity index is 1340. The van der Waals surface area contributed by atoms with Crippen LogP contribution in [0.25, 0.3) is 6.08 Å². The van der Waals surface area contributed by atoms with Crippen LogP contribution < -0.4 is 9.47 Å². The van der Waals surface area contributed by atoms with Gasteiger partial charge >= 0.3 is 5.97 Å². The summed E-state index contributed by atoms with van der Waals surface area (Å²) in [6, 6.07) is 18.0. The largest absolute Gasteiger partial charge is 0.490 e. The summed E-state index contributed by atoms with van der Waals surface area (Å²) >= 11 is 19.0. The number of ether oxygens (including phenoxy) is 2. The lowest BCUT2D eigenvalue weighted by atomic mass is 10.1. The van der Waals surface area contributed by atoms with Crippen LogP contribution in [0.4, 0.5) is 4.79 Å². The summed E-state index contributed by atoms with van der Waals surface area (Å²) in [5, 5.41) is 0.594. The number of carbonyl (C=O) groups excluding carboxylic acids is 3. The summed E-state index contributed by atoms with van der Waals surface area (Å²) in [6.45, 7) is 0.115. The van der Waals surface area contributed by atoms with Crippen molar-refractivity contribution in [1.29, 1.82) is 0 Å². The molecular formula is C25H16Cl3NO5S.